The Kier molecular flexibility index (Phi) is 6.85. The molecule has 0 aliphatic rings. The van der Waals surface area contributed by atoms with Gasteiger partial charge in [0, 0.05) is 17.3 Å². The SMILES string of the molecule is CC(C)(C)CC(C)(C)Nc1c(-c2ccc(OC(=O)c3ccc(Cl)c(Cl)c3)cc2)nc2ccccn12. The van der Waals surface area contributed by atoms with Crippen LogP contribution < -0.4 is 10.1 Å². The van der Waals surface area contributed by atoms with Gasteiger partial charge in [0.2, 0.25) is 0 Å². The van der Waals surface area contributed by atoms with Crippen molar-refractivity contribution in [3.63, 3.8) is 0 Å². The number of imidazole rings is 1. The van der Waals surface area contributed by atoms with Gasteiger partial charge >= 0.3 is 5.97 Å². The summed E-state index contributed by atoms with van der Waals surface area (Å²) in [5.41, 5.74) is 2.94. The molecule has 5 nitrogen and oxygen atoms in total. The van der Waals surface area contributed by atoms with E-state index in [0.29, 0.717) is 21.4 Å². The summed E-state index contributed by atoms with van der Waals surface area (Å²) in [5.74, 6) is 0.849. The normalized spacial score (nSPS) is 12.1. The van der Waals surface area contributed by atoms with Crippen molar-refractivity contribution in [2.75, 3.05) is 5.32 Å². The third kappa shape index (κ3) is 5.98. The summed E-state index contributed by atoms with van der Waals surface area (Å²) in [4.78, 5) is 17.4. The first-order chi connectivity index (χ1) is 16.4. The fourth-order valence-electron chi connectivity index (χ4n) is 4.48. The van der Waals surface area contributed by atoms with Crippen molar-refractivity contribution in [3.05, 3.63) is 82.5 Å². The van der Waals surface area contributed by atoms with Crippen LogP contribution >= 0.6 is 23.2 Å². The number of rotatable bonds is 6. The zero-order valence-corrected chi connectivity index (χ0v) is 22.0. The van der Waals surface area contributed by atoms with E-state index in [1.807, 2.05) is 36.5 Å². The molecule has 35 heavy (non-hydrogen) atoms. The smallest absolute Gasteiger partial charge is 0.343 e. The Morgan fingerprint density at radius 1 is 0.971 bits per heavy atom. The van der Waals surface area contributed by atoms with E-state index < -0.39 is 5.97 Å². The largest absolute Gasteiger partial charge is 0.423 e. The van der Waals surface area contributed by atoms with Gasteiger partial charge in [-0.2, -0.15) is 0 Å². The van der Waals surface area contributed by atoms with E-state index in [9.17, 15) is 4.79 Å². The molecule has 0 spiro atoms. The summed E-state index contributed by atoms with van der Waals surface area (Å²) >= 11 is 12.0. The monoisotopic (exact) mass is 509 g/mol. The highest BCUT2D eigenvalue weighted by atomic mass is 35.5. The maximum absolute atomic E-state index is 12.5. The molecule has 1 N–H and O–H groups in total. The lowest BCUT2D eigenvalue weighted by molar-refractivity contribution is 0.0735. The number of benzene rings is 2. The molecule has 0 aliphatic heterocycles. The van der Waals surface area contributed by atoms with Crippen LogP contribution in [0.1, 0.15) is 51.4 Å². The molecule has 0 saturated heterocycles. The lowest BCUT2D eigenvalue weighted by Crippen LogP contribution is -2.36. The maximum atomic E-state index is 12.5. The molecule has 182 valence electrons. The summed E-state index contributed by atoms with van der Waals surface area (Å²) in [6.45, 7) is 11.1. The molecule has 4 rings (SSSR count). The minimum Gasteiger partial charge on any atom is -0.423 e. The second-order valence-corrected chi connectivity index (χ2v) is 11.3. The number of ether oxygens (including phenoxy) is 1. The molecule has 0 radical (unpaired) electrons. The lowest BCUT2D eigenvalue weighted by Gasteiger charge is -2.34. The predicted molar refractivity (Wildman–Crippen MR) is 144 cm³/mol. The van der Waals surface area contributed by atoms with Gasteiger partial charge in [-0.05, 0) is 80.3 Å². The topological polar surface area (TPSA) is 55.6 Å². The molecule has 0 saturated carbocycles. The van der Waals surface area contributed by atoms with Gasteiger partial charge in [-0.25, -0.2) is 9.78 Å². The van der Waals surface area contributed by atoms with Crippen molar-refractivity contribution >= 4 is 40.6 Å². The van der Waals surface area contributed by atoms with E-state index in [1.54, 1.807) is 24.3 Å². The molecule has 2 heterocycles. The van der Waals surface area contributed by atoms with E-state index in [-0.39, 0.29) is 11.0 Å². The molecule has 2 aromatic carbocycles. The van der Waals surface area contributed by atoms with Gasteiger partial charge in [-0.3, -0.25) is 4.40 Å². The van der Waals surface area contributed by atoms with Crippen molar-refractivity contribution in [1.29, 1.82) is 0 Å². The van der Waals surface area contributed by atoms with Crippen LogP contribution in [-0.4, -0.2) is 20.9 Å². The first-order valence-corrected chi connectivity index (χ1v) is 12.2. The van der Waals surface area contributed by atoms with Crippen molar-refractivity contribution < 1.29 is 9.53 Å². The molecule has 0 atom stereocenters. The number of fused-ring (bicyclic) bond motifs is 1. The molecular formula is C28H29Cl2N3O2. The van der Waals surface area contributed by atoms with Gasteiger partial charge in [0.15, 0.2) is 0 Å². The zero-order chi connectivity index (χ0) is 25.4. The van der Waals surface area contributed by atoms with Crippen LogP contribution in [0.3, 0.4) is 0 Å². The maximum Gasteiger partial charge on any atom is 0.343 e. The van der Waals surface area contributed by atoms with E-state index in [2.05, 4.69) is 44.3 Å². The third-order valence-electron chi connectivity index (χ3n) is 5.45. The number of hydrogen-bond donors (Lipinski definition) is 1. The van der Waals surface area contributed by atoms with Crippen molar-refractivity contribution in [1.82, 2.24) is 9.38 Å². The second kappa shape index (κ2) is 9.56. The number of hydrogen-bond acceptors (Lipinski definition) is 4. The van der Waals surface area contributed by atoms with Crippen molar-refractivity contribution in [3.8, 4) is 17.0 Å². The minimum atomic E-state index is -0.504. The average Bonchev–Trinajstić information content (AvgIpc) is 3.12. The first kappa shape index (κ1) is 25.1. The Hall–Kier alpha value is -3.02. The number of anilines is 1. The molecule has 0 fully saturated rings. The van der Waals surface area contributed by atoms with Gasteiger partial charge in [0.25, 0.3) is 0 Å². The Labute approximate surface area is 216 Å². The standard InChI is InChI=1S/C28H29Cl2N3O2/c1-27(2,3)17-28(4,5)32-25-24(31-23-8-6-7-15-33(23)25)18-9-12-20(13-10-18)35-26(34)19-11-14-21(29)22(30)16-19/h6-16,32H,17H2,1-5H3. The van der Waals surface area contributed by atoms with Crippen LogP contribution in [0.2, 0.25) is 10.0 Å². The molecule has 0 bridgehead atoms. The Morgan fingerprint density at radius 3 is 2.34 bits per heavy atom. The number of nitrogens with one attached hydrogen (secondary N) is 1. The summed E-state index contributed by atoms with van der Waals surface area (Å²) in [7, 11) is 0. The van der Waals surface area contributed by atoms with Crippen LogP contribution in [0, 0.1) is 5.41 Å². The number of aromatic nitrogens is 2. The molecule has 0 unspecified atom stereocenters. The van der Waals surface area contributed by atoms with Crippen molar-refractivity contribution in [2.24, 2.45) is 5.41 Å². The number of carbonyl (C=O) groups is 1. The molecule has 0 aliphatic carbocycles. The van der Waals surface area contributed by atoms with E-state index in [0.717, 1.165) is 29.1 Å². The Morgan fingerprint density at radius 2 is 1.69 bits per heavy atom. The minimum absolute atomic E-state index is 0.159. The van der Waals surface area contributed by atoms with Gasteiger partial charge in [0.05, 0.1) is 15.6 Å². The number of pyridine rings is 1. The van der Waals surface area contributed by atoms with Gasteiger partial charge in [-0.1, -0.05) is 50.0 Å². The molecule has 4 aromatic rings. The van der Waals surface area contributed by atoms with Crippen LogP contribution in [0.15, 0.2) is 66.9 Å². The highest BCUT2D eigenvalue weighted by Gasteiger charge is 2.28. The molecular weight excluding hydrogens is 481 g/mol. The lowest BCUT2D eigenvalue weighted by atomic mass is 9.82. The second-order valence-electron chi connectivity index (χ2n) is 10.5. The van der Waals surface area contributed by atoms with Crippen LogP contribution in [0.4, 0.5) is 5.82 Å². The molecule has 2 aromatic heterocycles. The quantitative estimate of drug-likeness (QED) is 0.210. The molecule has 7 heteroatoms. The number of nitrogens with zero attached hydrogens (tertiary/aromatic N) is 2. The van der Waals surface area contributed by atoms with Gasteiger partial charge in [-0.15, -0.1) is 0 Å². The zero-order valence-electron chi connectivity index (χ0n) is 20.5. The van der Waals surface area contributed by atoms with E-state index in [1.165, 1.54) is 6.07 Å². The fraction of sp³-hybridized carbons (Fsp3) is 0.286. The van der Waals surface area contributed by atoms with Crippen LogP contribution in [-0.2, 0) is 0 Å². The van der Waals surface area contributed by atoms with Crippen LogP contribution in [0.25, 0.3) is 16.9 Å². The summed E-state index contributed by atoms with van der Waals surface area (Å²) < 4.78 is 7.60. The van der Waals surface area contributed by atoms with E-state index in [4.69, 9.17) is 32.9 Å². The first-order valence-electron chi connectivity index (χ1n) is 11.4. The number of esters is 1. The summed E-state index contributed by atoms with van der Waals surface area (Å²) in [6, 6.07) is 17.9. The fourth-order valence-corrected chi connectivity index (χ4v) is 4.78. The molecule has 0 amide bonds. The summed E-state index contributed by atoms with van der Waals surface area (Å²) in [5, 5.41) is 4.42. The highest BCUT2D eigenvalue weighted by molar-refractivity contribution is 6.42. The van der Waals surface area contributed by atoms with E-state index >= 15 is 0 Å². The summed E-state index contributed by atoms with van der Waals surface area (Å²) in [6.07, 6.45) is 2.98. The Bertz CT molecular complexity index is 1370. The van der Waals surface area contributed by atoms with Gasteiger partial charge in [0.1, 0.15) is 22.9 Å². The Balaban J connectivity index is 1.62. The highest BCUT2D eigenvalue weighted by Crippen LogP contribution is 2.35. The van der Waals surface area contributed by atoms with Crippen LogP contribution in [0.5, 0.6) is 5.75 Å². The third-order valence-corrected chi connectivity index (χ3v) is 6.19. The van der Waals surface area contributed by atoms with Crippen molar-refractivity contribution in [2.45, 2.75) is 46.6 Å². The number of carbonyl (C=O) groups excluding carboxylic acids is 1. The van der Waals surface area contributed by atoms with Gasteiger partial charge < -0.3 is 10.1 Å². The average molecular weight is 510 g/mol. The number of halogens is 2. The predicted octanol–water partition coefficient (Wildman–Crippen LogP) is 8.15.